The number of amides is 1. The van der Waals surface area contributed by atoms with Crippen LogP contribution in [0.5, 0.6) is 0 Å². The van der Waals surface area contributed by atoms with Crippen LogP contribution in [-0.2, 0) is 34.7 Å². The van der Waals surface area contributed by atoms with Gasteiger partial charge in [0, 0.05) is 49.6 Å². The summed E-state index contributed by atoms with van der Waals surface area (Å²) >= 11 is 0. The zero-order valence-electron chi connectivity index (χ0n) is 41.6. The van der Waals surface area contributed by atoms with E-state index in [0.29, 0.717) is 31.3 Å². The second-order valence-corrected chi connectivity index (χ2v) is 24.9. The molecule has 8 atom stereocenters. The Bertz CT molecular complexity index is 1510. The molecule has 0 N–H and O–H groups in total. The number of unbranched alkanes of at least 4 members (excludes halogenated alkanes) is 4. The predicted octanol–water partition coefficient (Wildman–Crippen LogP) is 12.7. The Labute approximate surface area is 394 Å². The summed E-state index contributed by atoms with van der Waals surface area (Å²) in [5.74, 6) is 6.61. The number of allylic oxidation sites excluding steroid dienone is 2. The standard InChI is InChI=1S/C54H92N2O5S2/c1-9-10-12-19-42-38-43(42)27-35-60-51(58)29-37-63-62-36-28-50(57)56(34-16-32-55(7)8)33-14-11-13-20-52(59)61-45-25-30-53(5)44(39-45)21-22-46-48-24-23-47(41(4)18-15-17-40(2)3)54(48,6)31-26-49(46)53/h21,40-41,45-49H,9-20,22-39H2,1-8H3/p+1. The fraction of sp³-hybridized carbons (Fsp3) is 0.870. The van der Waals surface area contributed by atoms with E-state index in [0.717, 1.165) is 135 Å². The van der Waals surface area contributed by atoms with E-state index < -0.39 is 0 Å². The van der Waals surface area contributed by atoms with Gasteiger partial charge in [-0.3, -0.25) is 14.4 Å². The summed E-state index contributed by atoms with van der Waals surface area (Å²) < 4.78 is 11.7. The summed E-state index contributed by atoms with van der Waals surface area (Å²) in [6.45, 7) is 17.8. The third-order valence-electron chi connectivity index (χ3n) is 16.7. The minimum atomic E-state index is -0.106. The van der Waals surface area contributed by atoms with Gasteiger partial charge in [-0.15, -0.1) is 0 Å². The minimum absolute atomic E-state index is 0.0178. The van der Waals surface area contributed by atoms with Crippen LogP contribution in [0.25, 0.3) is 0 Å². The largest absolute Gasteiger partial charge is 0.465 e. The molecule has 5 aliphatic rings. The first kappa shape index (κ1) is 52.5. The summed E-state index contributed by atoms with van der Waals surface area (Å²) in [5.41, 5.74) is 5.47. The molecule has 3 saturated carbocycles. The van der Waals surface area contributed by atoms with E-state index in [1.54, 1.807) is 21.9 Å². The van der Waals surface area contributed by atoms with Crippen molar-refractivity contribution in [2.24, 2.45) is 46.3 Å². The number of hydrogen-bond donors (Lipinski definition) is 0. The van der Waals surface area contributed by atoms with Crippen LogP contribution >= 0.6 is 10.8 Å². The zero-order valence-corrected chi connectivity index (χ0v) is 43.3. The highest BCUT2D eigenvalue weighted by molar-refractivity contribution is 8.66. The molecule has 0 aliphatic heterocycles. The molecule has 0 aromatic carbocycles. The van der Waals surface area contributed by atoms with Gasteiger partial charge in [0.2, 0.25) is 5.91 Å². The van der Waals surface area contributed by atoms with Gasteiger partial charge in [-0.2, -0.15) is 0 Å². The van der Waals surface area contributed by atoms with Crippen molar-refractivity contribution in [3.63, 3.8) is 0 Å². The second kappa shape index (κ2) is 26.2. The molecule has 5 aliphatic carbocycles. The van der Waals surface area contributed by atoms with Gasteiger partial charge in [-0.05, 0) is 150 Å². The molecular weight excluding hydrogens is 821 g/mol. The quantitative estimate of drug-likeness (QED) is 0.0177. The van der Waals surface area contributed by atoms with Gasteiger partial charge in [-0.1, -0.05) is 103 Å². The summed E-state index contributed by atoms with van der Waals surface area (Å²) in [7, 11) is 7.01. The van der Waals surface area contributed by atoms with Crippen LogP contribution in [0.3, 0.4) is 0 Å². The molecule has 7 nitrogen and oxygen atoms in total. The third kappa shape index (κ3) is 15.8. The molecule has 1 amide bonds. The first-order chi connectivity index (χ1) is 30.2. The van der Waals surface area contributed by atoms with Crippen molar-refractivity contribution >= 4 is 39.4 Å². The molecule has 0 aromatic heterocycles. The number of hydrogen-bond acceptors (Lipinski definition) is 7. The fourth-order valence-corrected chi connectivity index (χ4v) is 15.1. The number of ether oxygens (including phenoxy) is 2. The molecule has 3 fully saturated rings. The SMILES string of the molecule is CCCCCC1=C(CCOC(=O)CC[SH+]SCCC(=O)N(CCCCCC(=O)OC2CCC3(C)C(=CCC4C3CCC3(C)C(C(C)CCCC(C)C)CCC43)C2)CCCN(C)C)C1. The highest BCUT2D eigenvalue weighted by atomic mass is 33.1. The molecule has 0 aromatic rings. The van der Waals surface area contributed by atoms with E-state index in [-0.39, 0.29) is 29.4 Å². The first-order valence-corrected chi connectivity index (χ1v) is 28.9. The number of carbonyl (C=O) groups excluding carboxylic acids is 3. The Hall–Kier alpha value is -1.45. The van der Waals surface area contributed by atoms with Crippen molar-refractivity contribution in [3.8, 4) is 0 Å². The number of thiol groups is 1. The summed E-state index contributed by atoms with van der Waals surface area (Å²) in [4.78, 5) is 42.9. The molecule has 0 heterocycles. The molecule has 8 unspecified atom stereocenters. The Morgan fingerprint density at radius 1 is 0.825 bits per heavy atom. The van der Waals surface area contributed by atoms with Gasteiger partial charge in [0.05, 0.1) is 29.6 Å². The van der Waals surface area contributed by atoms with E-state index in [1.165, 1.54) is 82.6 Å². The average Bonchev–Trinajstić information content (AvgIpc) is 3.88. The Balaban J connectivity index is 0.953. The molecular formula is C54H93N2O5S2+. The second-order valence-electron chi connectivity index (χ2n) is 22.0. The van der Waals surface area contributed by atoms with Crippen molar-refractivity contribution in [1.29, 1.82) is 0 Å². The number of rotatable bonds is 30. The minimum Gasteiger partial charge on any atom is -0.465 e. The number of esters is 2. The van der Waals surface area contributed by atoms with Crippen LogP contribution in [0.4, 0.5) is 0 Å². The van der Waals surface area contributed by atoms with Crippen LogP contribution in [-0.4, -0.2) is 85.6 Å². The fourth-order valence-electron chi connectivity index (χ4n) is 12.9. The summed E-state index contributed by atoms with van der Waals surface area (Å²) in [6.07, 6.45) is 28.9. The van der Waals surface area contributed by atoms with Crippen molar-refractivity contribution in [2.45, 2.75) is 202 Å². The van der Waals surface area contributed by atoms with Gasteiger partial charge in [-0.25, -0.2) is 0 Å². The van der Waals surface area contributed by atoms with Crippen LogP contribution < -0.4 is 0 Å². The van der Waals surface area contributed by atoms with Crippen molar-refractivity contribution in [3.05, 3.63) is 22.8 Å². The van der Waals surface area contributed by atoms with E-state index in [4.69, 9.17) is 9.47 Å². The first-order valence-electron chi connectivity index (χ1n) is 26.2. The van der Waals surface area contributed by atoms with Crippen molar-refractivity contribution in [2.75, 3.05) is 51.8 Å². The molecule has 0 saturated heterocycles. The number of fused-ring (bicyclic) bond motifs is 5. The monoisotopic (exact) mass is 914 g/mol. The maximum Gasteiger partial charge on any atom is 0.310 e. The van der Waals surface area contributed by atoms with Crippen LogP contribution in [0, 0.1) is 46.3 Å². The van der Waals surface area contributed by atoms with E-state index >= 15 is 0 Å². The van der Waals surface area contributed by atoms with Crippen LogP contribution in [0.15, 0.2) is 22.8 Å². The van der Waals surface area contributed by atoms with Crippen molar-refractivity contribution in [1.82, 2.24) is 9.80 Å². The molecule has 0 radical (unpaired) electrons. The third-order valence-corrected chi connectivity index (χ3v) is 19.3. The van der Waals surface area contributed by atoms with E-state index in [9.17, 15) is 14.4 Å². The Kier molecular flexibility index (Phi) is 21.8. The average molecular weight is 914 g/mol. The Morgan fingerprint density at radius 2 is 1.62 bits per heavy atom. The predicted molar refractivity (Wildman–Crippen MR) is 268 cm³/mol. The maximum atomic E-state index is 13.3. The molecule has 360 valence electrons. The van der Waals surface area contributed by atoms with Gasteiger partial charge in [0.25, 0.3) is 0 Å². The summed E-state index contributed by atoms with van der Waals surface area (Å²) in [5, 5.41) is 0. The van der Waals surface area contributed by atoms with E-state index in [2.05, 4.69) is 66.6 Å². The highest BCUT2D eigenvalue weighted by Crippen LogP contribution is 2.67. The lowest BCUT2D eigenvalue weighted by molar-refractivity contribution is -0.151. The number of nitrogens with zero attached hydrogens (tertiary/aromatic N) is 2. The molecule has 9 heteroatoms. The van der Waals surface area contributed by atoms with Gasteiger partial charge in [0.15, 0.2) is 0 Å². The normalized spacial score (nSPS) is 28.0. The smallest absolute Gasteiger partial charge is 0.310 e. The topological polar surface area (TPSA) is 76.2 Å². The van der Waals surface area contributed by atoms with Gasteiger partial charge < -0.3 is 19.3 Å². The van der Waals surface area contributed by atoms with Gasteiger partial charge >= 0.3 is 11.9 Å². The molecule has 5 rings (SSSR count). The zero-order chi connectivity index (χ0) is 45.4. The Morgan fingerprint density at radius 3 is 2.40 bits per heavy atom. The van der Waals surface area contributed by atoms with E-state index in [1.807, 2.05) is 4.90 Å². The highest BCUT2D eigenvalue weighted by Gasteiger charge is 2.59. The lowest BCUT2D eigenvalue weighted by Crippen LogP contribution is -2.51. The molecule has 0 bridgehead atoms. The number of carbonyl (C=O) groups is 3. The van der Waals surface area contributed by atoms with Crippen LogP contribution in [0.1, 0.15) is 196 Å². The van der Waals surface area contributed by atoms with Crippen molar-refractivity contribution < 1.29 is 23.9 Å². The molecule has 63 heavy (non-hydrogen) atoms. The lowest BCUT2D eigenvalue weighted by atomic mass is 9.47. The maximum absolute atomic E-state index is 13.3. The van der Waals surface area contributed by atoms with Gasteiger partial charge in [0.1, 0.15) is 11.9 Å². The molecule has 0 spiro atoms. The van der Waals surface area contributed by atoms with Crippen LogP contribution in [0.2, 0.25) is 0 Å². The summed E-state index contributed by atoms with van der Waals surface area (Å²) in [6, 6.07) is 0. The lowest BCUT2D eigenvalue weighted by Gasteiger charge is -2.58.